The van der Waals surface area contributed by atoms with E-state index in [4.69, 9.17) is 0 Å². The molecular formula is C14H18O. The summed E-state index contributed by atoms with van der Waals surface area (Å²) in [4.78, 5) is 11.6. The van der Waals surface area contributed by atoms with Crippen molar-refractivity contribution >= 4 is 5.78 Å². The number of aryl methyl sites for hydroxylation is 1. The van der Waals surface area contributed by atoms with E-state index in [1.807, 2.05) is 0 Å². The van der Waals surface area contributed by atoms with Gasteiger partial charge in [-0.1, -0.05) is 42.7 Å². The second-order valence-electron chi connectivity index (χ2n) is 4.68. The van der Waals surface area contributed by atoms with Gasteiger partial charge in [-0.3, -0.25) is 4.79 Å². The van der Waals surface area contributed by atoms with E-state index in [-0.39, 0.29) is 0 Å². The van der Waals surface area contributed by atoms with Crippen LogP contribution in [0.4, 0.5) is 0 Å². The number of benzene rings is 1. The van der Waals surface area contributed by atoms with Crippen molar-refractivity contribution in [3.63, 3.8) is 0 Å². The maximum atomic E-state index is 11.6. The molecule has 0 spiro atoms. The number of rotatable bonds is 5. The zero-order chi connectivity index (χ0) is 10.7. The average Bonchev–Trinajstić information content (AvgIpc) is 3.02. The van der Waals surface area contributed by atoms with Gasteiger partial charge in [0.05, 0.1) is 0 Å². The molecule has 2 rings (SSSR count). The van der Waals surface area contributed by atoms with Gasteiger partial charge < -0.3 is 0 Å². The van der Waals surface area contributed by atoms with Gasteiger partial charge in [-0.25, -0.2) is 0 Å². The quantitative estimate of drug-likeness (QED) is 0.716. The molecule has 1 aromatic carbocycles. The van der Waals surface area contributed by atoms with Crippen molar-refractivity contribution in [1.29, 1.82) is 0 Å². The molecule has 1 aliphatic carbocycles. The van der Waals surface area contributed by atoms with E-state index in [0.717, 1.165) is 24.3 Å². The summed E-state index contributed by atoms with van der Waals surface area (Å²) in [6, 6.07) is 8.27. The molecule has 0 radical (unpaired) electrons. The third kappa shape index (κ3) is 3.50. The van der Waals surface area contributed by atoms with Gasteiger partial charge in [-0.15, -0.1) is 0 Å². The Bertz CT molecular complexity index is 333. The van der Waals surface area contributed by atoms with Crippen LogP contribution >= 0.6 is 0 Å². The Kier molecular flexibility index (Phi) is 3.20. The van der Waals surface area contributed by atoms with Crippen LogP contribution in [0.2, 0.25) is 0 Å². The third-order valence-electron chi connectivity index (χ3n) is 3.05. The highest BCUT2D eigenvalue weighted by Crippen LogP contribution is 2.33. The molecule has 0 atom stereocenters. The summed E-state index contributed by atoms with van der Waals surface area (Å²) in [6.45, 7) is 2.07. The van der Waals surface area contributed by atoms with Crippen molar-refractivity contribution in [3.8, 4) is 0 Å². The summed E-state index contributed by atoms with van der Waals surface area (Å²) in [5.74, 6) is 1.26. The van der Waals surface area contributed by atoms with E-state index >= 15 is 0 Å². The first-order valence-corrected chi connectivity index (χ1v) is 5.81. The highest BCUT2D eigenvalue weighted by atomic mass is 16.1. The van der Waals surface area contributed by atoms with Crippen LogP contribution in [0, 0.1) is 12.8 Å². The Hall–Kier alpha value is -1.11. The smallest absolute Gasteiger partial charge is 0.137 e. The monoisotopic (exact) mass is 202 g/mol. The number of carbonyl (C=O) groups excluding carboxylic acids is 1. The first-order valence-electron chi connectivity index (χ1n) is 5.81. The largest absolute Gasteiger partial charge is 0.299 e. The summed E-state index contributed by atoms with van der Waals surface area (Å²) in [5, 5.41) is 0. The van der Waals surface area contributed by atoms with Crippen molar-refractivity contribution in [2.45, 2.75) is 39.0 Å². The molecule has 0 saturated heterocycles. The molecule has 1 aromatic rings. The second kappa shape index (κ2) is 4.61. The van der Waals surface area contributed by atoms with Crippen LogP contribution in [0.3, 0.4) is 0 Å². The van der Waals surface area contributed by atoms with E-state index in [1.54, 1.807) is 0 Å². The predicted octanol–water partition coefficient (Wildman–Crippen LogP) is 3.30. The minimum Gasteiger partial charge on any atom is -0.299 e. The van der Waals surface area contributed by atoms with Gasteiger partial charge in [0.1, 0.15) is 5.78 Å². The molecular weight excluding hydrogens is 184 g/mol. The molecule has 0 amide bonds. The molecule has 80 valence electrons. The van der Waals surface area contributed by atoms with Crippen molar-refractivity contribution in [2.24, 2.45) is 5.92 Å². The number of hydrogen-bond acceptors (Lipinski definition) is 1. The SMILES string of the molecule is Cc1ccc(CC(=O)CCC2CC2)cc1. The van der Waals surface area contributed by atoms with Crippen molar-refractivity contribution < 1.29 is 4.79 Å². The highest BCUT2D eigenvalue weighted by Gasteiger charge is 2.21. The van der Waals surface area contributed by atoms with Gasteiger partial charge in [0, 0.05) is 12.8 Å². The van der Waals surface area contributed by atoms with Gasteiger partial charge >= 0.3 is 0 Å². The lowest BCUT2D eigenvalue weighted by Gasteiger charge is -2.01. The summed E-state index contributed by atoms with van der Waals surface area (Å²) in [6.07, 6.45) is 5.20. The van der Waals surface area contributed by atoms with Gasteiger partial charge in [-0.05, 0) is 24.8 Å². The predicted molar refractivity (Wildman–Crippen MR) is 61.8 cm³/mol. The van der Waals surface area contributed by atoms with Gasteiger partial charge in [0.2, 0.25) is 0 Å². The molecule has 1 nitrogen and oxygen atoms in total. The molecule has 1 saturated carbocycles. The molecule has 1 fully saturated rings. The number of Topliss-reactive ketones (excluding diaryl/α,β-unsaturated/α-hetero) is 1. The number of ketones is 1. The van der Waals surface area contributed by atoms with Crippen LogP contribution in [0.5, 0.6) is 0 Å². The lowest BCUT2D eigenvalue weighted by Crippen LogP contribution is -2.02. The summed E-state index contributed by atoms with van der Waals surface area (Å²) in [5.41, 5.74) is 2.41. The fourth-order valence-electron chi connectivity index (χ4n) is 1.79. The molecule has 0 heterocycles. The van der Waals surface area contributed by atoms with E-state index in [1.165, 1.54) is 18.4 Å². The normalized spacial score (nSPS) is 15.3. The van der Waals surface area contributed by atoms with Crippen molar-refractivity contribution in [3.05, 3.63) is 35.4 Å². The molecule has 0 unspecified atom stereocenters. The van der Waals surface area contributed by atoms with Crippen LogP contribution in [0.1, 0.15) is 36.8 Å². The molecule has 0 aliphatic heterocycles. The van der Waals surface area contributed by atoms with Crippen LogP contribution in [0.25, 0.3) is 0 Å². The minimum atomic E-state index is 0.394. The standard InChI is InChI=1S/C14H18O/c1-11-2-4-13(5-3-11)10-14(15)9-8-12-6-7-12/h2-5,12H,6-10H2,1H3. The molecule has 0 aromatic heterocycles. The second-order valence-corrected chi connectivity index (χ2v) is 4.68. The number of carbonyl (C=O) groups is 1. The van der Waals surface area contributed by atoms with E-state index < -0.39 is 0 Å². The summed E-state index contributed by atoms with van der Waals surface area (Å²) >= 11 is 0. The Balaban J connectivity index is 1.79. The first kappa shape index (κ1) is 10.4. The average molecular weight is 202 g/mol. The third-order valence-corrected chi connectivity index (χ3v) is 3.05. The fourth-order valence-corrected chi connectivity index (χ4v) is 1.79. The Morgan fingerprint density at radius 1 is 1.27 bits per heavy atom. The molecule has 1 heteroatoms. The first-order chi connectivity index (χ1) is 7.24. The fraction of sp³-hybridized carbons (Fsp3) is 0.500. The zero-order valence-corrected chi connectivity index (χ0v) is 9.33. The molecule has 1 aliphatic rings. The zero-order valence-electron chi connectivity index (χ0n) is 9.33. The van der Waals surface area contributed by atoms with Gasteiger partial charge in [0.15, 0.2) is 0 Å². The topological polar surface area (TPSA) is 17.1 Å². The van der Waals surface area contributed by atoms with Crippen LogP contribution in [-0.2, 0) is 11.2 Å². The lowest BCUT2D eigenvalue weighted by molar-refractivity contribution is -0.118. The summed E-state index contributed by atoms with van der Waals surface area (Å²) < 4.78 is 0. The van der Waals surface area contributed by atoms with E-state index in [2.05, 4.69) is 31.2 Å². The van der Waals surface area contributed by atoms with Gasteiger partial charge in [0.25, 0.3) is 0 Å². The Morgan fingerprint density at radius 3 is 2.53 bits per heavy atom. The van der Waals surface area contributed by atoms with Crippen molar-refractivity contribution in [1.82, 2.24) is 0 Å². The number of hydrogen-bond donors (Lipinski definition) is 0. The highest BCUT2D eigenvalue weighted by molar-refractivity contribution is 5.80. The van der Waals surface area contributed by atoms with Crippen LogP contribution in [-0.4, -0.2) is 5.78 Å². The molecule has 0 N–H and O–H groups in total. The minimum absolute atomic E-state index is 0.394. The maximum Gasteiger partial charge on any atom is 0.137 e. The Labute approximate surface area is 91.5 Å². The molecule has 0 bridgehead atoms. The van der Waals surface area contributed by atoms with Crippen molar-refractivity contribution in [2.75, 3.05) is 0 Å². The Morgan fingerprint density at radius 2 is 1.93 bits per heavy atom. The van der Waals surface area contributed by atoms with Crippen LogP contribution in [0.15, 0.2) is 24.3 Å². The molecule has 15 heavy (non-hydrogen) atoms. The van der Waals surface area contributed by atoms with Crippen LogP contribution < -0.4 is 0 Å². The van der Waals surface area contributed by atoms with Gasteiger partial charge in [-0.2, -0.15) is 0 Å². The summed E-state index contributed by atoms with van der Waals surface area (Å²) in [7, 11) is 0. The van der Waals surface area contributed by atoms with E-state index in [9.17, 15) is 4.79 Å². The lowest BCUT2D eigenvalue weighted by atomic mass is 10.0. The van der Waals surface area contributed by atoms with E-state index in [0.29, 0.717) is 12.2 Å². The maximum absolute atomic E-state index is 11.6.